The van der Waals surface area contributed by atoms with Gasteiger partial charge in [0.05, 0.1) is 5.02 Å². The lowest BCUT2D eigenvalue weighted by molar-refractivity contribution is 0.460. The molecule has 0 spiro atoms. The van der Waals surface area contributed by atoms with E-state index in [9.17, 15) is 0 Å². The lowest BCUT2D eigenvalue weighted by atomic mass is 10.2. The molecule has 112 valence electrons. The van der Waals surface area contributed by atoms with Gasteiger partial charge in [-0.1, -0.05) is 47.8 Å². The molecule has 0 aliphatic heterocycles. The number of pyridine rings is 1. The Morgan fingerprint density at radius 2 is 1.90 bits per heavy atom. The van der Waals surface area contributed by atoms with Crippen LogP contribution >= 0.6 is 34.8 Å². The molecule has 0 fully saturated rings. The van der Waals surface area contributed by atoms with Crippen LogP contribution in [-0.4, -0.2) is 11.5 Å². The van der Waals surface area contributed by atoms with E-state index >= 15 is 0 Å². The van der Waals surface area contributed by atoms with E-state index in [2.05, 4.69) is 17.2 Å². The zero-order chi connectivity index (χ0) is 15.4. The lowest BCUT2D eigenvalue weighted by Crippen LogP contribution is -2.03. The zero-order valence-electron chi connectivity index (χ0n) is 11.7. The summed E-state index contributed by atoms with van der Waals surface area (Å²) >= 11 is 18.2. The van der Waals surface area contributed by atoms with Crippen LogP contribution in [-0.2, 0) is 0 Å². The molecule has 0 atom stereocenters. The molecule has 2 aromatic rings. The van der Waals surface area contributed by atoms with Gasteiger partial charge in [0.2, 0.25) is 5.88 Å². The third kappa shape index (κ3) is 4.16. The first-order chi connectivity index (χ1) is 10.0. The first-order valence-electron chi connectivity index (χ1n) is 6.55. The Kier molecular flexibility index (Phi) is 5.57. The summed E-state index contributed by atoms with van der Waals surface area (Å²) in [5.41, 5.74) is 0.940. The van der Waals surface area contributed by atoms with Crippen LogP contribution in [0, 0.1) is 6.92 Å². The number of benzene rings is 1. The standard InChI is InChI=1S/C15H15Cl3N2O/c1-3-6-19-14-11(17)8-12(18)15(20-14)21-13-7-10(16)5-4-9(13)2/h4-5,7-8H,3,6H2,1-2H3,(H,19,20). The molecule has 0 radical (unpaired) electrons. The Hall–Kier alpha value is -1.16. The van der Waals surface area contributed by atoms with E-state index in [1.54, 1.807) is 18.2 Å². The van der Waals surface area contributed by atoms with Crippen molar-refractivity contribution < 1.29 is 4.74 Å². The predicted molar refractivity (Wildman–Crippen MR) is 89.3 cm³/mol. The third-order valence-corrected chi connectivity index (χ3v) is 3.59. The van der Waals surface area contributed by atoms with Gasteiger partial charge in [-0.2, -0.15) is 4.98 Å². The molecule has 1 aromatic carbocycles. The summed E-state index contributed by atoms with van der Waals surface area (Å²) in [5.74, 6) is 1.46. The van der Waals surface area contributed by atoms with Crippen molar-refractivity contribution in [1.29, 1.82) is 0 Å². The number of anilines is 1. The summed E-state index contributed by atoms with van der Waals surface area (Å²) in [4.78, 5) is 4.34. The Morgan fingerprint density at radius 1 is 1.14 bits per heavy atom. The van der Waals surface area contributed by atoms with E-state index in [1.807, 2.05) is 13.0 Å². The van der Waals surface area contributed by atoms with Gasteiger partial charge in [-0.25, -0.2) is 0 Å². The fraction of sp³-hybridized carbons (Fsp3) is 0.267. The minimum Gasteiger partial charge on any atom is -0.437 e. The number of aromatic nitrogens is 1. The maximum atomic E-state index is 6.14. The summed E-state index contributed by atoms with van der Waals surface area (Å²) in [5, 5.41) is 4.53. The van der Waals surface area contributed by atoms with Crippen LogP contribution in [0.25, 0.3) is 0 Å². The normalized spacial score (nSPS) is 10.5. The highest BCUT2D eigenvalue weighted by molar-refractivity contribution is 6.36. The Labute approximate surface area is 139 Å². The molecule has 0 aliphatic carbocycles. The summed E-state index contributed by atoms with van der Waals surface area (Å²) in [6.45, 7) is 4.75. The maximum Gasteiger partial charge on any atom is 0.240 e. The summed E-state index contributed by atoms with van der Waals surface area (Å²) in [7, 11) is 0. The van der Waals surface area contributed by atoms with Crippen LogP contribution < -0.4 is 10.1 Å². The molecule has 0 unspecified atom stereocenters. The van der Waals surface area contributed by atoms with E-state index in [4.69, 9.17) is 39.5 Å². The molecular weight excluding hydrogens is 331 g/mol. The summed E-state index contributed by atoms with van der Waals surface area (Å²) < 4.78 is 5.77. The second kappa shape index (κ2) is 7.21. The molecule has 21 heavy (non-hydrogen) atoms. The van der Waals surface area contributed by atoms with Crippen molar-refractivity contribution in [3.05, 3.63) is 44.9 Å². The van der Waals surface area contributed by atoms with E-state index in [-0.39, 0.29) is 0 Å². The number of hydrogen-bond donors (Lipinski definition) is 1. The minimum atomic E-state index is 0.296. The fourth-order valence-electron chi connectivity index (χ4n) is 1.68. The quantitative estimate of drug-likeness (QED) is 0.725. The molecule has 3 nitrogen and oxygen atoms in total. The van der Waals surface area contributed by atoms with Crippen molar-refractivity contribution in [1.82, 2.24) is 4.98 Å². The molecule has 1 heterocycles. The molecule has 2 rings (SSSR count). The molecule has 1 N–H and O–H groups in total. The average Bonchev–Trinajstić information content (AvgIpc) is 2.44. The highest BCUT2D eigenvalue weighted by atomic mass is 35.5. The maximum absolute atomic E-state index is 6.14. The Bertz CT molecular complexity index is 647. The Morgan fingerprint density at radius 3 is 2.62 bits per heavy atom. The SMILES string of the molecule is CCCNc1nc(Oc2cc(Cl)ccc2C)c(Cl)cc1Cl. The van der Waals surface area contributed by atoms with Crippen LogP contribution in [0.2, 0.25) is 15.1 Å². The topological polar surface area (TPSA) is 34.2 Å². The zero-order valence-corrected chi connectivity index (χ0v) is 14.0. The molecular formula is C15H15Cl3N2O. The second-order valence-corrected chi connectivity index (χ2v) is 5.80. The monoisotopic (exact) mass is 344 g/mol. The third-order valence-electron chi connectivity index (χ3n) is 2.80. The van der Waals surface area contributed by atoms with Gasteiger partial charge in [0.15, 0.2) is 0 Å². The molecule has 0 saturated heterocycles. The van der Waals surface area contributed by atoms with E-state index in [0.717, 1.165) is 18.5 Å². The van der Waals surface area contributed by atoms with Crippen LogP contribution in [0.15, 0.2) is 24.3 Å². The number of ether oxygens (including phenoxy) is 1. The first-order valence-corrected chi connectivity index (χ1v) is 7.68. The van der Waals surface area contributed by atoms with Crippen molar-refractivity contribution in [3.8, 4) is 11.6 Å². The average molecular weight is 346 g/mol. The first kappa shape index (κ1) is 16.2. The second-order valence-electron chi connectivity index (χ2n) is 4.54. The number of rotatable bonds is 5. The van der Waals surface area contributed by atoms with Crippen LogP contribution in [0.1, 0.15) is 18.9 Å². The van der Waals surface area contributed by atoms with Gasteiger partial charge in [-0.05, 0) is 37.1 Å². The number of nitrogens with zero attached hydrogens (tertiary/aromatic N) is 1. The fourth-order valence-corrected chi connectivity index (χ4v) is 2.30. The van der Waals surface area contributed by atoms with Crippen molar-refractivity contribution in [2.75, 3.05) is 11.9 Å². The van der Waals surface area contributed by atoms with Crippen molar-refractivity contribution in [3.63, 3.8) is 0 Å². The van der Waals surface area contributed by atoms with Gasteiger partial charge >= 0.3 is 0 Å². The number of nitrogens with one attached hydrogen (secondary N) is 1. The van der Waals surface area contributed by atoms with Gasteiger partial charge in [-0.3, -0.25) is 0 Å². The van der Waals surface area contributed by atoms with E-state index < -0.39 is 0 Å². The molecule has 0 aliphatic rings. The summed E-state index contributed by atoms with van der Waals surface area (Å²) in [6.07, 6.45) is 0.963. The van der Waals surface area contributed by atoms with Gasteiger partial charge < -0.3 is 10.1 Å². The van der Waals surface area contributed by atoms with Crippen LogP contribution in [0.3, 0.4) is 0 Å². The van der Waals surface area contributed by atoms with Crippen LogP contribution in [0.5, 0.6) is 11.6 Å². The molecule has 0 bridgehead atoms. The van der Waals surface area contributed by atoms with Gasteiger partial charge in [0, 0.05) is 11.6 Å². The van der Waals surface area contributed by atoms with E-state index in [0.29, 0.717) is 32.5 Å². The van der Waals surface area contributed by atoms with Crippen molar-refractivity contribution in [2.24, 2.45) is 0 Å². The number of hydrogen-bond acceptors (Lipinski definition) is 3. The largest absolute Gasteiger partial charge is 0.437 e. The van der Waals surface area contributed by atoms with Crippen LogP contribution in [0.4, 0.5) is 5.82 Å². The lowest BCUT2D eigenvalue weighted by Gasteiger charge is -2.12. The van der Waals surface area contributed by atoms with Gasteiger partial charge in [0.1, 0.15) is 16.6 Å². The molecule has 1 aromatic heterocycles. The van der Waals surface area contributed by atoms with Crippen molar-refractivity contribution >= 4 is 40.6 Å². The molecule has 0 saturated carbocycles. The highest BCUT2D eigenvalue weighted by Crippen LogP contribution is 2.35. The van der Waals surface area contributed by atoms with Gasteiger partial charge in [-0.15, -0.1) is 0 Å². The molecule has 6 heteroatoms. The minimum absolute atomic E-state index is 0.296. The smallest absolute Gasteiger partial charge is 0.240 e. The number of halogens is 3. The number of aryl methyl sites for hydroxylation is 1. The van der Waals surface area contributed by atoms with Crippen molar-refractivity contribution in [2.45, 2.75) is 20.3 Å². The van der Waals surface area contributed by atoms with Gasteiger partial charge in [0.25, 0.3) is 0 Å². The summed E-state index contributed by atoms with van der Waals surface area (Å²) in [6, 6.07) is 7.01. The molecule has 0 amide bonds. The highest BCUT2D eigenvalue weighted by Gasteiger charge is 2.12. The Balaban J connectivity index is 2.32. The van der Waals surface area contributed by atoms with E-state index in [1.165, 1.54) is 0 Å². The predicted octanol–water partition coefficient (Wildman–Crippen LogP) is 5.96.